The lowest BCUT2D eigenvalue weighted by Crippen LogP contribution is -2.13. The molecule has 0 bridgehead atoms. The van der Waals surface area contributed by atoms with E-state index in [1.165, 1.54) is 28.2 Å². The van der Waals surface area contributed by atoms with Crippen molar-refractivity contribution in [3.8, 4) is 11.1 Å². The van der Waals surface area contributed by atoms with Gasteiger partial charge in [0.1, 0.15) is 5.82 Å². The number of pyridine rings is 1. The predicted octanol–water partition coefficient (Wildman–Crippen LogP) is 2.20. The lowest BCUT2D eigenvalue weighted by molar-refractivity contribution is 0.945. The van der Waals surface area contributed by atoms with Gasteiger partial charge in [-0.1, -0.05) is 0 Å². The summed E-state index contributed by atoms with van der Waals surface area (Å²) in [5, 5.41) is 2.06. The highest BCUT2D eigenvalue weighted by Crippen LogP contribution is 2.29. The zero-order chi connectivity index (χ0) is 10.3. The van der Waals surface area contributed by atoms with Crippen molar-refractivity contribution in [2.75, 3.05) is 18.5 Å². The molecule has 0 saturated heterocycles. The van der Waals surface area contributed by atoms with Crippen LogP contribution in [0.2, 0.25) is 0 Å². The summed E-state index contributed by atoms with van der Waals surface area (Å²) in [6.07, 6.45) is 4.93. The molecule has 15 heavy (non-hydrogen) atoms. The van der Waals surface area contributed by atoms with E-state index in [0.717, 1.165) is 18.8 Å². The second-order valence-corrected chi connectivity index (χ2v) is 4.45. The molecule has 3 rings (SSSR count). The van der Waals surface area contributed by atoms with Crippen molar-refractivity contribution >= 4 is 17.4 Å². The molecule has 2 aromatic heterocycles. The van der Waals surface area contributed by atoms with Gasteiger partial charge in [-0.3, -0.25) is 0 Å². The van der Waals surface area contributed by atoms with Gasteiger partial charge in [-0.2, -0.15) is 0 Å². The maximum atomic E-state index is 4.50. The van der Waals surface area contributed by atoms with Crippen LogP contribution in [0.3, 0.4) is 0 Å². The number of hydrogen-bond acceptors (Lipinski definition) is 4. The third-order valence-corrected chi connectivity index (χ3v) is 3.37. The van der Waals surface area contributed by atoms with Crippen LogP contribution in [-0.2, 0) is 6.42 Å². The number of rotatable bonds is 1. The van der Waals surface area contributed by atoms with E-state index in [4.69, 9.17) is 0 Å². The third-order valence-electron chi connectivity index (χ3n) is 2.79. The molecule has 4 heteroatoms. The lowest BCUT2D eigenvalue weighted by Gasteiger charge is -2.10. The van der Waals surface area contributed by atoms with Crippen molar-refractivity contribution in [2.24, 2.45) is 0 Å². The van der Waals surface area contributed by atoms with Gasteiger partial charge in [-0.25, -0.2) is 9.36 Å². The van der Waals surface area contributed by atoms with Gasteiger partial charge in [-0.15, -0.1) is 0 Å². The molecule has 3 nitrogen and oxygen atoms in total. The molecule has 0 N–H and O–H groups in total. The monoisotopic (exact) mass is 217 g/mol. The quantitative estimate of drug-likeness (QED) is 0.733. The van der Waals surface area contributed by atoms with E-state index < -0.39 is 0 Å². The van der Waals surface area contributed by atoms with E-state index in [1.807, 2.05) is 12.4 Å². The molecule has 0 aromatic carbocycles. The Labute approximate surface area is 92.6 Å². The van der Waals surface area contributed by atoms with Crippen molar-refractivity contribution in [3.63, 3.8) is 0 Å². The first-order valence-corrected chi connectivity index (χ1v) is 5.78. The molecular weight excluding hydrogens is 206 g/mol. The van der Waals surface area contributed by atoms with E-state index >= 15 is 0 Å². The molecular formula is C11H11N3S. The van der Waals surface area contributed by atoms with E-state index in [1.54, 1.807) is 0 Å². The van der Waals surface area contributed by atoms with Crippen LogP contribution in [0, 0.1) is 0 Å². The fourth-order valence-corrected chi connectivity index (χ4v) is 2.48. The summed E-state index contributed by atoms with van der Waals surface area (Å²) in [6, 6.07) is 2.23. The van der Waals surface area contributed by atoms with Crippen molar-refractivity contribution in [3.05, 3.63) is 29.4 Å². The minimum atomic E-state index is 1.08. The Kier molecular flexibility index (Phi) is 1.95. The number of aromatic nitrogens is 2. The maximum absolute atomic E-state index is 4.50. The van der Waals surface area contributed by atoms with Crippen molar-refractivity contribution in [2.45, 2.75) is 6.42 Å². The topological polar surface area (TPSA) is 29.0 Å². The summed E-state index contributed by atoms with van der Waals surface area (Å²) in [5.41, 5.74) is 3.70. The Bertz CT molecular complexity index is 479. The Morgan fingerprint density at radius 3 is 3.07 bits per heavy atom. The molecule has 76 valence electrons. The number of anilines is 1. The molecule has 2 aromatic rings. The number of hydrogen-bond donors (Lipinski definition) is 0. The van der Waals surface area contributed by atoms with Crippen molar-refractivity contribution in [1.29, 1.82) is 0 Å². The highest BCUT2D eigenvalue weighted by molar-refractivity contribution is 7.03. The Morgan fingerprint density at radius 2 is 2.27 bits per heavy atom. The Hall–Kier alpha value is -1.42. The van der Waals surface area contributed by atoms with Crippen LogP contribution in [0.15, 0.2) is 23.8 Å². The molecule has 0 radical (unpaired) electrons. The number of nitrogens with zero attached hydrogens (tertiary/aromatic N) is 3. The van der Waals surface area contributed by atoms with E-state index in [2.05, 4.69) is 32.8 Å². The summed E-state index contributed by atoms with van der Waals surface area (Å²) in [7, 11) is 2.09. The normalized spacial score (nSPS) is 14.3. The first-order chi connectivity index (χ1) is 7.34. The smallest absolute Gasteiger partial charge is 0.131 e. The van der Waals surface area contributed by atoms with Gasteiger partial charge in [0.05, 0.1) is 0 Å². The van der Waals surface area contributed by atoms with Gasteiger partial charge < -0.3 is 4.90 Å². The Morgan fingerprint density at radius 1 is 1.33 bits per heavy atom. The minimum absolute atomic E-state index is 1.08. The zero-order valence-electron chi connectivity index (χ0n) is 8.47. The molecule has 0 aliphatic carbocycles. The molecule has 0 atom stereocenters. The van der Waals surface area contributed by atoms with Crippen molar-refractivity contribution < 1.29 is 0 Å². The summed E-state index contributed by atoms with van der Waals surface area (Å²) in [5.74, 6) is 1.13. The molecule has 1 aliphatic rings. The largest absolute Gasteiger partial charge is 0.359 e. The summed E-state index contributed by atoms with van der Waals surface area (Å²) >= 11 is 1.48. The summed E-state index contributed by atoms with van der Waals surface area (Å²) in [6.45, 7) is 1.08. The molecule has 0 saturated carbocycles. The van der Waals surface area contributed by atoms with Crippen LogP contribution < -0.4 is 4.90 Å². The second-order valence-electron chi connectivity index (χ2n) is 3.79. The average Bonchev–Trinajstić information content (AvgIpc) is 2.88. The number of fused-ring (bicyclic) bond motifs is 1. The fraction of sp³-hybridized carbons (Fsp3) is 0.273. The fourth-order valence-electron chi connectivity index (χ4n) is 1.93. The van der Waals surface area contributed by atoms with Gasteiger partial charge >= 0.3 is 0 Å². The highest BCUT2D eigenvalue weighted by Gasteiger charge is 2.17. The maximum Gasteiger partial charge on any atom is 0.131 e. The molecule has 0 spiro atoms. The molecule has 1 aliphatic heterocycles. The SMILES string of the molecule is CN1CCc2cc(-c3cnsc3)cnc21. The van der Waals surface area contributed by atoms with E-state index in [0.29, 0.717) is 0 Å². The minimum Gasteiger partial charge on any atom is -0.359 e. The average molecular weight is 217 g/mol. The molecule has 3 heterocycles. The van der Waals surface area contributed by atoms with E-state index in [-0.39, 0.29) is 0 Å². The third kappa shape index (κ3) is 1.41. The van der Waals surface area contributed by atoms with Gasteiger partial charge in [0.15, 0.2) is 0 Å². The van der Waals surface area contributed by atoms with Crippen LogP contribution in [0.25, 0.3) is 11.1 Å². The predicted molar refractivity (Wildman–Crippen MR) is 62.3 cm³/mol. The zero-order valence-corrected chi connectivity index (χ0v) is 9.29. The second kappa shape index (κ2) is 3.31. The van der Waals surface area contributed by atoms with Crippen LogP contribution in [0.5, 0.6) is 0 Å². The summed E-state index contributed by atoms with van der Waals surface area (Å²) < 4.78 is 4.11. The molecule has 0 fully saturated rings. The van der Waals surface area contributed by atoms with Gasteiger partial charge in [0.2, 0.25) is 0 Å². The first-order valence-electron chi connectivity index (χ1n) is 4.94. The van der Waals surface area contributed by atoms with Gasteiger partial charge in [0.25, 0.3) is 0 Å². The standard InChI is InChI=1S/C11H11N3S/c1-14-3-2-8-4-9(5-12-11(8)14)10-6-13-15-7-10/h4-7H,2-3H2,1H3. The molecule has 0 unspecified atom stereocenters. The first kappa shape index (κ1) is 8.85. The lowest BCUT2D eigenvalue weighted by atomic mass is 10.1. The van der Waals surface area contributed by atoms with Crippen LogP contribution in [0.1, 0.15) is 5.56 Å². The van der Waals surface area contributed by atoms with Crippen LogP contribution in [0.4, 0.5) is 5.82 Å². The summed E-state index contributed by atoms with van der Waals surface area (Å²) in [4.78, 5) is 6.70. The Balaban J connectivity index is 2.07. The van der Waals surface area contributed by atoms with Crippen molar-refractivity contribution in [1.82, 2.24) is 9.36 Å². The van der Waals surface area contributed by atoms with Crippen LogP contribution >= 0.6 is 11.5 Å². The van der Waals surface area contributed by atoms with Crippen LogP contribution in [-0.4, -0.2) is 22.9 Å². The number of likely N-dealkylation sites (N-methyl/N-ethyl adjacent to an activating group) is 1. The van der Waals surface area contributed by atoms with Gasteiger partial charge in [-0.05, 0) is 29.6 Å². The van der Waals surface area contributed by atoms with E-state index in [9.17, 15) is 0 Å². The highest BCUT2D eigenvalue weighted by atomic mass is 32.1. The van der Waals surface area contributed by atoms with Gasteiger partial charge in [0, 0.05) is 42.5 Å². The molecule has 0 amide bonds.